The molecule has 0 N–H and O–H groups in total. The number of morpholine rings is 1. The number of aryl methyl sites for hydroxylation is 2. The Bertz CT molecular complexity index is 1650. The molecule has 214 valence electrons. The summed E-state index contributed by atoms with van der Waals surface area (Å²) >= 11 is 0. The lowest BCUT2D eigenvalue weighted by molar-refractivity contribution is 0.0671. The zero-order valence-corrected chi connectivity index (χ0v) is 24.6. The number of ether oxygens (including phenoxy) is 1. The molecule has 13 heteroatoms. The van der Waals surface area contributed by atoms with Crippen molar-refractivity contribution in [2.75, 3.05) is 50.5 Å². The summed E-state index contributed by atoms with van der Waals surface area (Å²) < 4.78 is 35.7. The average molecular weight is 568 g/mol. The Morgan fingerprint density at radius 1 is 0.975 bits per heavy atom. The number of sulfonamides is 1. The number of piperazine rings is 1. The highest BCUT2D eigenvalue weighted by Crippen LogP contribution is 2.29. The number of imidazole rings is 2. The molecule has 5 heterocycles. The largest absolute Gasteiger partial charge is 0.378 e. The standard InChI is InChI=1S/C27H37N9O3S/c1-6-22-28-20-9-7-8-10-21(20)36(22)27-30-25-24(26(31-27)33-11-13-39-14-12-33)29-23(32(25)4)17-35-18(2)15-34(16-19(35)3)40(5,37)38/h7-10,18-19H,6,11-17H2,1-5H3/t18-,19+. The topological polar surface area (TPSA) is 115 Å². The number of rotatable bonds is 6. The Hall–Kier alpha value is -3.13. The molecule has 0 saturated carbocycles. The fraction of sp³-hybridized carbons (Fsp3) is 0.556. The zero-order valence-electron chi connectivity index (χ0n) is 23.8. The minimum atomic E-state index is -3.24. The smallest absolute Gasteiger partial charge is 0.239 e. The van der Waals surface area contributed by atoms with Crippen molar-refractivity contribution in [3.05, 3.63) is 35.9 Å². The van der Waals surface area contributed by atoms with Gasteiger partial charge in [0, 0.05) is 51.7 Å². The van der Waals surface area contributed by atoms with Crippen molar-refractivity contribution in [3.63, 3.8) is 0 Å². The summed E-state index contributed by atoms with van der Waals surface area (Å²) in [4.78, 5) is 24.7. The lowest BCUT2D eigenvalue weighted by Crippen LogP contribution is -2.57. The highest BCUT2D eigenvalue weighted by atomic mass is 32.2. The molecule has 2 aliphatic rings. The number of nitrogens with zero attached hydrogens (tertiary/aromatic N) is 9. The first kappa shape index (κ1) is 27.1. The molecule has 2 fully saturated rings. The molecule has 6 rings (SSSR count). The Labute approximate surface area is 234 Å². The van der Waals surface area contributed by atoms with Crippen molar-refractivity contribution in [1.82, 2.24) is 38.3 Å². The van der Waals surface area contributed by atoms with Crippen LogP contribution in [0.25, 0.3) is 28.1 Å². The first-order valence-electron chi connectivity index (χ1n) is 13.9. The van der Waals surface area contributed by atoms with Crippen LogP contribution in [-0.4, -0.2) is 104 Å². The number of benzene rings is 1. The van der Waals surface area contributed by atoms with E-state index in [1.807, 2.05) is 25.2 Å². The van der Waals surface area contributed by atoms with Crippen molar-refractivity contribution < 1.29 is 13.2 Å². The van der Waals surface area contributed by atoms with Crippen LogP contribution in [0.4, 0.5) is 5.82 Å². The molecule has 2 atom stereocenters. The zero-order chi connectivity index (χ0) is 28.2. The number of aromatic nitrogens is 6. The molecule has 0 spiro atoms. The summed E-state index contributed by atoms with van der Waals surface area (Å²) in [7, 11) is -1.24. The Morgan fingerprint density at radius 2 is 1.68 bits per heavy atom. The van der Waals surface area contributed by atoms with Crippen LogP contribution in [0.3, 0.4) is 0 Å². The maximum Gasteiger partial charge on any atom is 0.239 e. The van der Waals surface area contributed by atoms with Crippen molar-refractivity contribution >= 4 is 38.0 Å². The Balaban J connectivity index is 1.45. The van der Waals surface area contributed by atoms with Crippen molar-refractivity contribution in [2.24, 2.45) is 7.05 Å². The number of hydrogen-bond donors (Lipinski definition) is 0. The van der Waals surface area contributed by atoms with Crippen LogP contribution in [0.5, 0.6) is 0 Å². The lowest BCUT2D eigenvalue weighted by Gasteiger charge is -2.43. The van der Waals surface area contributed by atoms with E-state index in [2.05, 4.69) is 45.8 Å². The molecule has 3 aromatic heterocycles. The van der Waals surface area contributed by atoms with Gasteiger partial charge in [-0.2, -0.15) is 14.3 Å². The third-order valence-corrected chi connectivity index (χ3v) is 9.34. The van der Waals surface area contributed by atoms with E-state index < -0.39 is 10.0 Å². The van der Waals surface area contributed by atoms with Gasteiger partial charge >= 0.3 is 0 Å². The van der Waals surface area contributed by atoms with E-state index in [4.69, 9.17) is 24.7 Å². The van der Waals surface area contributed by atoms with Crippen LogP contribution < -0.4 is 4.90 Å². The lowest BCUT2D eigenvalue weighted by atomic mass is 10.1. The van der Waals surface area contributed by atoms with E-state index in [-0.39, 0.29) is 12.1 Å². The summed E-state index contributed by atoms with van der Waals surface area (Å²) in [5.74, 6) is 3.15. The van der Waals surface area contributed by atoms with Crippen LogP contribution in [0.1, 0.15) is 32.4 Å². The van der Waals surface area contributed by atoms with Crippen LogP contribution >= 0.6 is 0 Å². The number of fused-ring (bicyclic) bond motifs is 2. The summed E-state index contributed by atoms with van der Waals surface area (Å²) in [6.45, 7) is 10.5. The summed E-state index contributed by atoms with van der Waals surface area (Å²) in [5.41, 5.74) is 3.41. The van der Waals surface area contributed by atoms with Crippen LogP contribution in [0.2, 0.25) is 0 Å². The molecule has 4 aromatic rings. The van der Waals surface area contributed by atoms with Gasteiger partial charge in [0.25, 0.3) is 0 Å². The summed E-state index contributed by atoms with van der Waals surface area (Å²) in [5, 5.41) is 0. The fourth-order valence-electron chi connectivity index (χ4n) is 5.91. The highest BCUT2D eigenvalue weighted by molar-refractivity contribution is 7.88. The van der Waals surface area contributed by atoms with E-state index in [0.29, 0.717) is 38.8 Å². The van der Waals surface area contributed by atoms with Gasteiger partial charge in [-0.25, -0.2) is 18.4 Å². The molecule has 0 unspecified atom stereocenters. The monoisotopic (exact) mass is 567 g/mol. The van der Waals surface area contributed by atoms with Crippen LogP contribution in [0, 0.1) is 0 Å². The molecule has 0 aliphatic carbocycles. The van der Waals surface area contributed by atoms with Crippen molar-refractivity contribution in [2.45, 2.75) is 45.8 Å². The number of para-hydroxylation sites is 2. The second kappa shape index (κ2) is 10.4. The van der Waals surface area contributed by atoms with Gasteiger partial charge in [0.2, 0.25) is 16.0 Å². The van der Waals surface area contributed by atoms with Gasteiger partial charge in [-0.1, -0.05) is 19.1 Å². The van der Waals surface area contributed by atoms with Gasteiger partial charge < -0.3 is 14.2 Å². The molecule has 12 nitrogen and oxygen atoms in total. The first-order chi connectivity index (χ1) is 19.2. The summed E-state index contributed by atoms with van der Waals surface area (Å²) in [6.07, 6.45) is 2.03. The molecule has 40 heavy (non-hydrogen) atoms. The molecule has 1 aromatic carbocycles. The normalized spacial score (nSPS) is 21.6. The minimum Gasteiger partial charge on any atom is -0.378 e. The molecule has 0 amide bonds. The second-order valence-corrected chi connectivity index (χ2v) is 12.8. The highest BCUT2D eigenvalue weighted by Gasteiger charge is 2.34. The molecular formula is C27H37N9O3S. The first-order valence-corrected chi connectivity index (χ1v) is 15.7. The molecule has 0 radical (unpaired) electrons. The maximum absolute atomic E-state index is 12.2. The summed E-state index contributed by atoms with van der Waals surface area (Å²) in [6, 6.07) is 8.16. The third kappa shape index (κ3) is 4.74. The van der Waals surface area contributed by atoms with E-state index in [9.17, 15) is 8.42 Å². The number of anilines is 1. The van der Waals surface area contributed by atoms with E-state index in [1.165, 1.54) is 6.26 Å². The predicted molar refractivity (Wildman–Crippen MR) is 154 cm³/mol. The van der Waals surface area contributed by atoms with Gasteiger partial charge in [0.05, 0.1) is 37.0 Å². The van der Waals surface area contributed by atoms with Gasteiger partial charge in [-0.05, 0) is 26.0 Å². The van der Waals surface area contributed by atoms with Gasteiger partial charge in [-0.3, -0.25) is 9.47 Å². The van der Waals surface area contributed by atoms with E-state index >= 15 is 0 Å². The predicted octanol–water partition coefficient (Wildman–Crippen LogP) is 1.96. The average Bonchev–Trinajstić information content (AvgIpc) is 3.47. The second-order valence-electron chi connectivity index (χ2n) is 10.9. The van der Waals surface area contributed by atoms with Crippen LogP contribution in [0.15, 0.2) is 24.3 Å². The number of hydrogen-bond acceptors (Lipinski definition) is 9. The maximum atomic E-state index is 12.2. The SMILES string of the molecule is CCc1nc2ccccc2n1-c1nc(N2CCOCC2)c2nc(CN3[C@H](C)CN(S(C)(=O)=O)C[C@@H]3C)n(C)c2n1. The quantitative estimate of drug-likeness (QED) is 0.345. The third-order valence-electron chi connectivity index (χ3n) is 8.10. The fourth-order valence-corrected chi connectivity index (χ4v) is 6.88. The van der Waals surface area contributed by atoms with Crippen LogP contribution in [-0.2, 0) is 34.8 Å². The molecule has 2 saturated heterocycles. The molecule has 0 bridgehead atoms. The minimum absolute atomic E-state index is 0.0445. The Morgan fingerprint density at radius 3 is 2.35 bits per heavy atom. The van der Waals surface area contributed by atoms with Gasteiger partial charge in [-0.15, -0.1) is 0 Å². The molecule has 2 aliphatic heterocycles. The van der Waals surface area contributed by atoms with Crippen molar-refractivity contribution in [3.8, 4) is 5.95 Å². The van der Waals surface area contributed by atoms with E-state index in [0.717, 1.165) is 59.2 Å². The Kier molecular flexibility index (Phi) is 7.01. The van der Waals surface area contributed by atoms with E-state index in [1.54, 1.807) is 4.31 Å². The molecular weight excluding hydrogens is 530 g/mol. The van der Waals surface area contributed by atoms with Gasteiger partial charge in [0.1, 0.15) is 11.6 Å². The van der Waals surface area contributed by atoms with Crippen molar-refractivity contribution in [1.29, 1.82) is 0 Å². The van der Waals surface area contributed by atoms with Gasteiger partial charge in [0.15, 0.2) is 17.0 Å².